The van der Waals surface area contributed by atoms with E-state index in [1.54, 1.807) is 25.3 Å². The second-order valence-corrected chi connectivity index (χ2v) is 11.7. The fraction of sp³-hybridized carbons (Fsp3) is 0.652. The van der Waals surface area contributed by atoms with Crippen LogP contribution >= 0.6 is 11.3 Å². The zero-order chi connectivity index (χ0) is 24.6. The highest BCUT2D eigenvalue weighted by atomic mass is 32.1. The molecule has 1 unspecified atom stereocenters. The molecule has 1 saturated heterocycles. The van der Waals surface area contributed by atoms with Gasteiger partial charge in [-0.1, -0.05) is 20.8 Å². The topological polar surface area (TPSA) is 104 Å². The first-order chi connectivity index (χ1) is 15.3. The zero-order valence-electron chi connectivity index (χ0n) is 20.5. The summed E-state index contributed by atoms with van der Waals surface area (Å²) in [4.78, 5) is 39.9. The van der Waals surface area contributed by atoms with Crippen molar-refractivity contribution in [3.05, 3.63) is 31.3 Å². The second-order valence-electron chi connectivity index (χ2n) is 10.6. The molecule has 0 aliphatic carbocycles. The van der Waals surface area contributed by atoms with Gasteiger partial charge in [-0.25, -0.2) is 15.0 Å². The van der Waals surface area contributed by atoms with E-state index in [4.69, 9.17) is 9.47 Å². The van der Waals surface area contributed by atoms with Gasteiger partial charge in [-0.05, 0) is 51.5 Å². The summed E-state index contributed by atoms with van der Waals surface area (Å²) in [5, 5.41) is 4.49. The largest absolute Gasteiger partial charge is 0.443 e. The van der Waals surface area contributed by atoms with Crippen LogP contribution in [0.3, 0.4) is 0 Å². The van der Waals surface area contributed by atoms with Crippen molar-refractivity contribution in [3.63, 3.8) is 0 Å². The van der Waals surface area contributed by atoms with Crippen LogP contribution < -0.4 is 16.7 Å². The lowest BCUT2D eigenvalue weighted by Gasteiger charge is -2.21. The molecule has 1 amide bonds. The number of hydrazone groups is 1. The predicted molar refractivity (Wildman–Crippen MR) is 130 cm³/mol. The lowest BCUT2D eigenvalue weighted by Crippen LogP contribution is -2.43. The third kappa shape index (κ3) is 6.11. The Morgan fingerprint density at radius 3 is 2.52 bits per heavy atom. The van der Waals surface area contributed by atoms with Gasteiger partial charge in [-0.2, -0.15) is 5.10 Å². The standard InChI is InChI=1S/C23H34N4O5S/c1-14-16(11-24-25-20(29)32-23(5,6)7)33-19-17(14)18(28)27(13-22(2,3)4)21(30)26(19)12-15-9-8-10-31-15/h11,15H,8-10,12-13H2,1-7H3,(H,25,29). The molecule has 2 aromatic heterocycles. The lowest BCUT2D eigenvalue weighted by atomic mass is 9.97. The number of nitrogens with one attached hydrogen (secondary N) is 1. The number of aryl methyl sites for hydroxylation is 1. The van der Waals surface area contributed by atoms with Crippen LogP contribution in [0.15, 0.2) is 14.7 Å². The molecule has 0 aromatic carbocycles. The fourth-order valence-electron chi connectivity index (χ4n) is 3.75. The quantitative estimate of drug-likeness (QED) is 0.522. The second kappa shape index (κ2) is 9.42. The van der Waals surface area contributed by atoms with Crippen LogP contribution in [0.1, 0.15) is 64.8 Å². The first-order valence-corrected chi connectivity index (χ1v) is 12.0. The van der Waals surface area contributed by atoms with Gasteiger partial charge < -0.3 is 9.47 Å². The number of nitrogens with zero attached hydrogens (tertiary/aromatic N) is 3. The number of hydrogen-bond acceptors (Lipinski definition) is 7. The zero-order valence-corrected chi connectivity index (χ0v) is 21.3. The van der Waals surface area contributed by atoms with Crippen molar-refractivity contribution in [2.45, 2.75) is 86.1 Å². The Hall–Kier alpha value is -2.46. The number of ether oxygens (including phenoxy) is 2. The number of fused-ring (bicyclic) bond motifs is 1. The van der Waals surface area contributed by atoms with E-state index in [0.717, 1.165) is 18.4 Å². The number of rotatable bonds is 5. The SMILES string of the molecule is Cc1c(C=NNC(=O)OC(C)(C)C)sc2c1c(=O)n(CC(C)(C)C)c(=O)n2CC1CCCO1. The van der Waals surface area contributed by atoms with Crippen molar-refractivity contribution in [2.75, 3.05) is 6.61 Å². The molecular formula is C23H34N4O5S. The van der Waals surface area contributed by atoms with E-state index < -0.39 is 11.7 Å². The third-order valence-corrected chi connectivity index (χ3v) is 6.36. The van der Waals surface area contributed by atoms with Gasteiger partial charge in [0.25, 0.3) is 5.56 Å². The minimum absolute atomic E-state index is 0.0557. The third-order valence-electron chi connectivity index (χ3n) is 5.11. The highest BCUT2D eigenvalue weighted by molar-refractivity contribution is 7.20. The molecule has 1 aliphatic rings. The van der Waals surface area contributed by atoms with E-state index in [2.05, 4.69) is 10.5 Å². The summed E-state index contributed by atoms with van der Waals surface area (Å²) in [6.45, 7) is 14.5. The number of amides is 1. The molecule has 1 aliphatic heterocycles. The highest BCUT2D eigenvalue weighted by Crippen LogP contribution is 2.28. The first-order valence-electron chi connectivity index (χ1n) is 11.2. The molecule has 2 aromatic rings. The summed E-state index contributed by atoms with van der Waals surface area (Å²) in [5.74, 6) is 0. The molecule has 3 rings (SSSR count). The van der Waals surface area contributed by atoms with Crippen molar-refractivity contribution in [3.8, 4) is 0 Å². The summed E-state index contributed by atoms with van der Waals surface area (Å²) in [6, 6.07) is 0. The molecule has 1 N–H and O–H groups in total. The van der Waals surface area contributed by atoms with Gasteiger partial charge in [-0.3, -0.25) is 13.9 Å². The van der Waals surface area contributed by atoms with Gasteiger partial charge in [0.15, 0.2) is 0 Å². The molecule has 0 bridgehead atoms. The van der Waals surface area contributed by atoms with E-state index in [1.807, 2.05) is 27.7 Å². The van der Waals surface area contributed by atoms with Gasteiger partial charge >= 0.3 is 11.8 Å². The average Bonchev–Trinajstić information content (AvgIpc) is 3.28. The van der Waals surface area contributed by atoms with Crippen LogP contribution in [0.2, 0.25) is 0 Å². The van der Waals surface area contributed by atoms with Crippen molar-refractivity contribution in [1.82, 2.24) is 14.6 Å². The minimum atomic E-state index is -0.666. The predicted octanol–water partition coefficient (Wildman–Crippen LogP) is 3.62. The van der Waals surface area contributed by atoms with E-state index in [9.17, 15) is 14.4 Å². The average molecular weight is 479 g/mol. The maximum Gasteiger partial charge on any atom is 0.428 e. The maximum absolute atomic E-state index is 13.4. The molecule has 33 heavy (non-hydrogen) atoms. The highest BCUT2D eigenvalue weighted by Gasteiger charge is 2.25. The monoisotopic (exact) mass is 478 g/mol. The van der Waals surface area contributed by atoms with Crippen LogP contribution in [-0.4, -0.2) is 39.8 Å². The van der Waals surface area contributed by atoms with E-state index >= 15 is 0 Å². The van der Waals surface area contributed by atoms with Gasteiger partial charge in [0, 0.05) is 13.2 Å². The van der Waals surface area contributed by atoms with Crippen LogP contribution in [0, 0.1) is 12.3 Å². The number of hydrogen-bond donors (Lipinski definition) is 1. The summed E-state index contributed by atoms with van der Waals surface area (Å²) in [5.41, 5.74) is 1.56. The van der Waals surface area contributed by atoms with Crippen LogP contribution in [-0.2, 0) is 22.6 Å². The minimum Gasteiger partial charge on any atom is -0.443 e. The molecule has 1 atom stereocenters. The van der Waals surface area contributed by atoms with Gasteiger partial charge in [0.2, 0.25) is 0 Å². The summed E-state index contributed by atoms with van der Waals surface area (Å²) >= 11 is 1.31. The molecule has 9 nitrogen and oxygen atoms in total. The van der Waals surface area contributed by atoms with Crippen molar-refractivity contribution < 1.29 is 14.3 Å². The van der Waals surface area contributed by atoms with Gasteiger partial charge in [-0.15, -0.1) is 11.3 Å². The van der Waals surface area contributed by atoms with E-state index in [-0.39, 0.29) is 22.8 Å². The Morgan fingerprint density at radius 2 is 1.94 bits per heavy atom. The Morgan fingerprint density at radius 1 is 1.24 bits per heavy atom. The Bertz CT molecular complexity index is 1170. The van der Waals surface area contributed by atoms with Crippen LogP contribution in [0.5, 0.6) is 0 Å². The summed E-state index contributed by atoms with van der Waals surface area (Å²) in [6.07, 6.45) is 2.60. The van der Waals surface area contributed by atoms with Crippen LogP contribution in [0.25, 0.3) is 10.2 Å². The summed E-state index contributed by atoms with van der Waals surface area (Å²) < 4.78 is 13.9. The van der Waals surface area contributed by atoms with Crippen molar-refractivity contribution >= 4 is 33.9 Å². The van der Waals surface area contributed by atoms with E-state index in [1.165, 1.54) is 22.1 Å². The molecule has 182 valence electrons. The Balaban J connectivity index is 2.06. The number of thiophene rings is 1. The van der Waals surface area contributed by atoms with Gasteiger partial charge in [0.1, 0.15) is 10.4 Å². The summed E-state index contributed by atoms with van der Waals surface area (Å²) in [7, 11) is 0. The Labute approximate surface area is 197 Å². The lowest BCUT2D eigenvalue weighted by molar-refractivity contribution is 0.0529. The van der Waals surface area contributed by atoms with Crippen molar-refractivity contribution in [1.29, 1.82) is 0 Å². The van der Waals surface area contributed by atoms with Crippen LogP contribution in [0.4, 0.5) is 4.79 Å². The normalized spacial score (nSPS) is 17.2. The Kier molecular flexibility index (Phi) is 7.18. The number of aromatic nitrogens is 2. The molecule has 0 radical (unpaired) electrons. The van der Waals surface area contributed by atoms with Gasteiger partial charge in [0.05, 0.1) is 29.1 Å². The molecule has 1 fully saturated rings. The number of carbonyl (C=O) groups is 1. The maximum atomic E-state index is 13.4. The molecule has 0 saturated carbocycles. The molecule has 10 heteroatoms. The van der Waals surface area contributed by atoms with Crippen molar-refractivity contribution in [2.24, 2.45) is 10.5 Å². The van der Waals surface area contributed by atoms with E-state index in [0.29, 0.717) is 34.8 Å². The smallest absolute Gasteiger partial charge is 0.428 e. The molecule has 0 spiro atoms. The fourth-order valence-corrected chi connectivity index (χ4v) is 4.92. The first kappa shape index (κ1) is 25.2. The molecule has 3 heterocycles. The number of carbonyl (C=O) groups excluding carboxylic acids is 1. The molecular weight excluding hydrogens is 444 g/mol.